The molecule has 1 saturated heterocycles. The minimum atomic E-state index is -4.38. The van der Waals surface area contributed by atoms with Crippen LogP contribution in [-0.2, 0) is 33.5 Å². The summed E-state index contributed by atoms with van der Waals surface area (Å²) in [5.41, 5.74) is 0.160. The molecule has 1 aliphatic heterocycles. The molecule has 0 amide bonds. The van der Waals surface area contributed by atoms with Crippen molar-refractivity contribution < 1.29 is 46.9 Å². The van der Waals surface area contributed by atoms with E-state index in [1.54, 1.807) is 0 Å². The summed E-state index contributed by atoms with van der Waals surface area (Å²) in [4.78, 5) is 46.8. The molecule has 14 atom stereocenters. The molecule has 4 N–H and O–H groups in total. The van der Waals surface area contributed by atoms with Gasteiger partial charge < -0.3 is 29.7 Å². The third kappa shape index (κ3) is 7.75. The second-order valence-corrected chi connectivity index (χ2v) is 28.1. The fraction of sp³-hybridized carbons (Fsp3) is 0.957. The minimum Gasteiger partial charge on any atom is -0.481 e. The van der Waals surface area contributed by atoms with E-state index in [2.05, 4.69) is 51.8 Å². The summed E-state index contributed by atoms with van der Waals surface area (Å²) >= 11 is 0. The summed E-state index contributed by atoms with van der Waals surface area (Å²) < 4.78 is 49.2. The number of nitrogens with zero attached hydrogens (tertiary/aromatic N) is 1. The number of carbonyl (C=O) groups excluding carboxylic acids is 1. The van der Waals surface area contributed by atoms with Crippen LogP contribution in [0.25, 0.3) is 0 Å². The fourth-order valence-corrected chi connectivity index (χ4v) is 18.4. The van der Waals surface area contributed by atoms with Crippen molar-refractivity contribution in [2.45, 2.75) is 170 Å². The number of hydrogen-bond donors (Lipinski definition) is 4. The highest BCUT2D eigenvalue weighted by Crippen LogP contribution is 2.78. The van der Waals surface area contributed by atoms with E-state index >= 15 is 0 Å². The van der Waals surface area contributed by atoms with E-state index in [0.29, 0.717) is 54.6 Å². The van der Waals surface area contributed by atoms with Crippen molar-refractivity contribution in [1.29, 1.82) is 0 Å². The topological polar surface area (TPSA) is 180 Å². The number of sulfone groups is 1. The Kier molecular flexibility index (Phi) is 11.6. The van der Waals surface area contributed by atoms with Crippen molar-refractivity contribution >= 4 is 29.4 Å². The Morgan fingerprint density at radius 2 is 1.48 bits per heavy atom. The van der Waals surface area contributed by atoms with Crippen LogP contribution in [0.3, 0.4) is 0 Å². The number of fused-ring (bicyclic) bond motifs is 7. The van der Waals surface area contributed by atoms with Crippen molar-refractivity contribution in [3.63, 3.8) is 0 Å². The molecule has 8 fully saturated rings. The average molecular weight is 895 g/mol. The number of carbonyl (C=O) groups is 2. The van der Waals surface area contributed by atoms with Gasteiger partial charge in [-0.05, 0) is 147 Å². The summed E-state index contributed by atoms with van der Waals surface area (Å²) in [6.07, 6.45) is 12.3. The van der Waals surface area contributed by atoms with Crippen LogP contribution in [0.2, 0.25) is 0 Å². The molecular weight excluding hydrogens is 816 g/mol. The Morgan fingerprint density at radius 1 is 0.803 bits per heavy atom. The summed E-state index contributed by atoms with van der Waals surface area (Å²) in [6, 6.07) is -0.218. The zero-order chi connectivity index (χ0) is 44.6. The number of hydrogen-bond acceptors (Lipinski definition) is 9. The van der Waals surface area contributed by atoms with Crippen molar-refractivity contribution in [2.24, 2.45) is 73.9 Å². The van der Waals surface area contributed by atoms with Gasteiger partial charge in [0.1, 0.15) is 12.5 Å². The zero-order valence-electron chi connectivity index (χ0n) is 38.7. The van der Waals surface area contributed by atoms with Gasteiger partial charge in [-0.25, -0.2) is 8.42 Å². The molecule has 348 valence electrons. The zero-order valence-corrected chi connectivity index (χ0v) is 40.4. The summed E-state index contributed by atoms with van der Waals surface area (Å²) in [5, 5.41) is 13.7. The van der Waals surface area contributed by atoms with Gasteiger partial charge >= 0.3 is 19.5 Å². The van der Waals surface area contributed by atoms with E-state index < -0.39 is 35.9 Å². The van der Waals surface area contributed by atoms with E-state index in [-0.39, 0.29) is 80.5 Å². The quantitative estimate of drug-likeness (QED) is 0.106. The molecule has 14 heteroatoms. The minimum absolute atomic E-state index is 0.00291. The monoisotopic (exact) mass is 895 g/mol. The third-order valence-electron chi connectivity index (χ3n) is 20.8. The molecule has 8 aliphatic rings. The van der Waals surface area contributed by atoms with Crippen LogP contribution in [0.5, 0.6) is 0 Å². The molecular formula is C47H79N2O10PS. The second kappa shape index (κ2) is 15.2. The summed E-state index contributed by atoms with van der Waals surface area (Å²) in [6.45, 7) is 22.3. The smallest absolute Gasteiger partial charge is 0.350 e. The molecule has 0 aromatic rings. The molecule has 0 bridgehead atoms. The predicted octanol–water partition coefficient (Wildman–Crippen LogP) is 7.51. The van der Waals surface area contributed by atoms with Crippen LogP contribution in [0.4, 0.5) is 0 Å². The lowest BCUT2D eigenvalue weighted by Crippen LogP contribution is -2.69. The van der Waals surface area contributed by atoms with E-state index in [4.69, 9.17) is 9.47 Å². The molecule has 0 unspecified atom stereocenters. The number of carboxylic acid groups (broad SMARTS) is 1. The maximum Gasteiger partial charge on any atom is 0.350 e. The van der Waals surface area contributed by atoms with Crippen LogP contribution in [0.15, 0.2) is 0 Å². The number of aliphatic carboxylic acids is 1. The number of esters is 1. The predicted molar refractivity (Wildman–Crippen MR) is 234 cm³/mol. The fourth-order valence-electron chi connectivity index (χ4n) is 16.7. The maximum atomic E-state index is 13.7. The first-order valence-corrected chi connectivity index (χ1v) is 27.5. The molecule has 7 aliphatic carbocycles. The Hall–Kier alpha value is -1.08. The molecule has 1 heterocycles. The molecule has 7 saturated carbocycles. The van der Waals surface area contributed by atoms with Gasteiger partial charge in [0.05, 0.1) is 23.5 Å². The van der Waals surface area contributed by atoms with Gasteiger partial charge in [-0.3, -0.25) is 19.1 Å². The van der Waals surface area contributed by atoms with Crippen molar-refractivity contribution in [2.75, 3.05) is 37.5 Å². The molecule has 0 spiro atoms. The molecule has 61 heavy (non-hydrogen) atoms. The maximum absolute atomic E-state index is 13.7. The van der Waals surface area contributed by atoms with Gasteiger partial charge in [0.25, 0.3) is 0 Å². The second-order valence-electron chi connectivity index (χ2n) is 24.2. The van der Waals surface area contributed by atoms with Gasteiger partial charge in [-0.15, -0.1) is 0 Å². The van der Waals surface area contributed by atoms with Gasteiger partial charge in [0.2, 0.25) is 0 Å². The SMILES string of the molecule is C[C@@H](OCP(=O)(O)O)[C@@H](CN[C@]12CC[C@@H](C3(C)CC3)[C@@H]1[C@H]1CC[C@@H]3[C@@]4(C)CC[C@H](OC(=O)[C@H]5[C@@H](CC(=O)O)C5(C)C)C(C)(C)[C@@H]4CC[C@@]3(C)[C@]1(C)CC2)N1CCS(=O)(=O)CC1. The lowest BCUT2D eigenvalue weighted by molar-refractivity contribution is -0.248. The van der Waals surface area contributed by atoms with E-state index in [0.717, 1.165) is 44.9 Å². The Labute approximate surface area is 366 Å². The standard InChI is InChI=1S/C47H79N2O10PS/c1-29(58-28-60(53,54)55)33(49-22-24-61(56,57)25-23-49)27-48-47-17-12-30(43(6)18-19-43)38(47)31-10-11-35-44(7)15-14-36(59-40(52)39-32(26-37(50)51)41(39,2)3)42(4,5)34(44)13-16-46(35,9)45(31,8)20-21-47/h29-36,38-39,48H,10-28H2,1-9H3,(H,50,51)(H2,53,54,55)/t29-,30-,31-,32-,33-,34+,35-,36+,38-,39-,44+,45-,46-,47+/m1/s1. The third-order valence-corrected chi connectivity index (χ3v) is 22.9. The molecule has 8 rings (SSSR count). The van der Waals surface area contributed by atoms with Crippen LogP contribution in [-0.4, -0.2) is 101 Å². The van der Waals surface area contributed by atoms with E-state index in [1.165, 1.54) is 32.1 Å². The first kappa shape index (κ1) is 46.4. The highest BCUT2D eigenvalue weighted by Gasteiger charge is 2.73. The summed E-state index contributed by atoms with van der Waals surface area (Å²) in [7, 11) is -7.50. The van der Waals surface area contributed by atoms with Gasteiger partial charge in [0, 0.05) is 43.1 Å². The number of ether oxygens (including phenoxy) is 2. The molecule has 0 radical (unpaired) electrons. The molecule has 0 aromatic heterocycles. The van der Waals surface area contributed by atoms with Crippen molar-refractivity contribution in [1.82, 2.24) is 10.2 Å². The Balaban J connectivity index is 1.03. The first-order valence-electron chi connectivity index (χ1n) is 23.9. The van der Waals surface area contributed by atoms with Crippen LogP contribution in [0, 0.1) is 73.9 Å². The van der Waals surface area contributed by atoms with E-state index in [9.17, 15) is 37.5 Å². The van der Waals surface area contributed by atoms with Crippen LogP contribution >= 0.6 is 7.60 Å². The lowest BCUT2D eigenvalue weighted by atomic mass is 9.32. The normalized spacial score (nSPS) is 45.2. The molecule has 0 aromatic carbocycles. The number of nitrogens with one attached hydrogen (secondary N) is 1. The van der Waals surface area contributed by atoms with Crippen LogP contribution in [0.1, 0.15) is 146 Å². The van der Waals surface area contributed by atoms with E-state index in [1.807, 2.05) is 20.8 Å². The largest absolute Gasteiger partial charge is 0.481 e. The highest BCUT2D eigenvalue weighted by molar-refractivity contribution is 7.91. The van der Waals surface area contributed by atoms with Crippen molar-refractivity contribution in [3.8, 4) is 0 Å². The first-order chi connectivity index (χ1) is 28.1. The van der Waals surface area contributed by atoms with Gasteiger partial charge in [-0.2, -0.15) is 0 Å². The average Bonchev–Trinajstić information content (AvgIpc) is 3.96. The highest BCUT2D eigenvalue weighted by atomic mass is 32.2. The van der Waals surface area contributed by atoms with Crippen LogP contribution < -0.4 is 5.32 Å². The molecule has 12 nitrogen and oxygen atoms in total. The lowest BCUT2D eigenvalue weighted by Gasteiger charge is -2.73. The number of carboxylic acids is 1. The summed E-state index contributed by atoms with van der Waals surface area (Å²) in [5.74, 6) is 1.24. The Morgan fingerprint density at radius 3 is 2.10 bits per heavy atom. The Bertz CT molecular complexity index is 1890. The van der Waals surface area contributed by atoms with Gasteiger partial charge in [-0.1, -0.05) is 55.4 Å². The van der Waals surface area contributed by atoms with Crippen molar-refractivity contribution in [3.05, 3.63) is 0 Å². The number of rotatable bonds is 13. The van der Waals surface area contributed by atoms with Gasteiger partial charge in [0.15, 0.2) is 9.84 Å².